The van der Waals surface area contributed by atoms with Crippen LogP contribution in [0.1, 0.15) is 12.8 Å². The largest absolute Gasteiger partial charge is 0.493 e. The number of ether oxygens (including phenoxy) is 4. The van der Waals surface area contributed by atoms with Crippen LogP contribution in [0.4, 0.5) is 0 Å². The van der Waals surface area contributed by atoms with Gasteiger partial charge in [0, 0.05) is 0 Å². The highest BCUT2D eigenvalue weighted by Crippen LogP contribution is 2.37. The number of carbonyl (C=O) groups is 1. The van der Waals surface area contributed by atoms with E-state index in [4.69, 9.17) is 24.1 Å². The van der Waals surface area contributed by atoms with Gasteiger partial charge in [-0.2, -0.15) is 0 Å². The molecule has 1 aromatic carbocycles. The molecule has 110 valence electrons. The van der Waals surface area contributed by atoms with Crippen LogP contribution < -0.4 is 14.2 Å². The highest BCUT2D eigenvalue weighted by atomic mass is 16.6. The van der Waals surface area contributed by atoms with Crippen LogP contribution in [0, 0.1) is 0 Å². The van der Waals surface area contributed by atoms with E-state index in [1.54, 1.807) is 32.4 Å². The molecule has 1 aliphatic rings. The van der Waals surface area contributed by atoms with Crippen molar-refractivity contribution in [2.45, 2.75) is 25.0 Å². The zero-order valence-electron chi connectivity index (χ0n) is 11.5. The Labute approximate surface area is 117 Å². The molecule has 1 heterocycles. The summed E-state index contributed by atoms with van der Waals surface area (Å²) < 4.78 is 21.5. The second-order valence-corrected chi connectivity index (χ2v) is 4.46. The maximum atomic E-state index is 10.8. The standard InChI is InChI=1S/C14H18O6/c1-17-10-4-3-5-11(18-2)13(10)19-8-9-6-7-12(20-9)14(15)16/h3-5,9,12H,6-8H2,1-2H3,(H,15,16). The summed E-state index contributed by atoms with van der Waals surface area (Å²) >= 11 is 0. The predicted molar refractivity (Wildman–Crippen MR) is 70.6 cm³/mol. The monoisotopic (exact) mass is 282 g/mol. The van der Waals surface area contributed by atoms with Gasteiger partial charge in [-0.1, -0.05) is 6.07 Å². The summed E-state index contributed by atoms with van der Waals surface area (Å²) in [6.45, 7) is 0.264. The zero-order valence-corrected chi connectivity index (χ0v) is 11.5. The summed E-state index contributed by atoms with van der Waals surface area (Å²) in [5.41, 5.74) is 0. The Morgan fingerprint density at radius 3 is 2.45 bits per heavy atom. The molecule has 1 aliphatic heterocycles. The van der Waals surface area contributed by atoms with E-state index in [0.717, 1.165) is 0 Å². The quantitative estimate of drug-likeness (QED) is 0.856. The molecule has 0 radical (unpaired) electrons. The van der Waals surface area contributed by atoms with E-state index in [2.05, 4.69) is 0 Å². The van der Waals surface area contributed by atoms with Gasteiger partial charge in [-0.05, 0) is 25.0 Å². The number of hydrogen-bond donors (Lipinski definition) is 1. The molecule has 0 bridgehead atoms. The zero-order chi connectivity index (χ0) is 14.5. The van der Waals surface area contributed by atoms with Crippen LogP contribution >= 0.6 is 0 Å². The van der Waals surface area contributed by atoms with E-state index in [0.29, 0.717) is 30.1 Å². The summed E-state index contributed by atoms with van der Waals surface area (Å²) in [5.74, 6) is 0.705. The van der Waals surface area contributed by atoms with Crippen molar-refractivity contribution in [3.8, 4) is 17.2 Å². The lowest BCUT2D eigenvalue weighted by molar-refractivity contribution is -0.149. The lowest BCUT2D eigenvalue weighted by Gasteiger charge is -2.16. The van der Waals surface area contributed by atoms with Crippen LogP contribution in [0.2, 0.25) is 0 Å². The van der Waals surface area contributed by atoms with Crippen molar-refractivity contribution in [3.05, 3.63) is 18.2 Å². The van der Waals surface area contributed by atoms with Gasteiger partial charge in [-0.25, -0.2) is 4.79 Å². The number of para-hydroxylation sites is 1. The number of carboxylic acid groups (broad SMARTS) is 1. The summed E-state index contributed by atoms with van der Waals surface area (Å²) in [6, 6.07) is 5.35. The first-order chi connectivity index (χ1) is 9.65. The van der Waals surface area contributed by atoms with Crippen LogP contribution in [0.5, 0.6) is 17.2 Å². The van der Waals surface area contributed by atoms with Crippen molar-refractivity contribution < 1.29 is 28.8 Å². The molecule has 1 N–H and O–H groups in total. The fraction of sp³-hybridized carbons (Fsp3) is 0.500. The third-order valence-corrected chi connectivity index (χ3v) is 3.18. The molecule has 0 amide bonds. The molecule has 6 heteroatoms. The third kappa shape index (κ3) is 3.14. The van der Waals surface area contributed by atoms with Crippen molar-refractivity contribution in [1.82, 2.24) is 0 Å². The number of carboxylic acids is 1. The minimum absolute atomic E-state index is 0.231. The van der Waals surface area contributed by atoms with Crippen LogP contribution in [-0.4, -0.2) is 44.1 Å². The second kappa shape index (κ2) is 6.47. The molecule has 2 unspecified atom stereocenters. The van der Waals surface area contributed by atoms with Gasteiger partial charge in [0.1, 0.15) is 6.61 Å². The van der Waals surface area contributed by atoms with E-state index in [-0.39, 0.29) is 12.7 Å². The Bertz CT molecular complexity index is 450. The maximum absolute atomic E-state index is 10.8. The number of rotatable bonds is 6. The molecular formula is C14H18O6. The number of aliphatic carboxylic acids is 1. The molecule has 0 aromatic heterocycles. The van der Waals surface area contributed by atoms with E-state index in [9.17, 15) is 4.79 Å². The van der Waals surface area contributed by atoms with Crippen LogP contribution in [0.3, 0.4) is 0 Å². The molecule has 6 nitrogen and oxygen atoms in total. The van der Waals surface area contributed by atoms with Crippen molar-refractivity contribution in [2.24, 2.45) is 0 Å². The van der Waals surface area contributed by atoms with E-state index in [1.165, 1.54) is 0 Å². The van der Waals surface area contributed by atoms with Crippen molar-refractivity contribution in [1.29, 1.82) is 0 Å². The number of methoxy groups -OCH3 is 2. The van der Waals surface area contributed by atoms with Gasteiger partial charge in [-0.15, -0.1) is 0 Å². The fourth-order valence-corrected chi connectivity index (χ4v) is 2.15. The first kappa shape index (κ1) is 14.5. The van der Waals surface area contributed by atoms with E-state index < -0.39 is 12.1 Å². The fourth-order valence-electron chi connectivity index (χ4n) is 2.15. The Balaban J connectivity index is 1.99. The lowest BCUT2D eigenvalue weighted by atomic mass is 10.2. The molecule has 2 atom stereocenters. The van der Waals surface area contributed by atoms with Crippen molar-refractivity contribution in [3.63, 3.8) is 0 Å². The minimum Gasteiger partial charge on any atom is -0.493 e. The number of hydrogen-bond acceptors (Lipinski definition) is 5. The highest BCUT2D eigenvalue weighted by molar-refractivity contribution is 5.72. The molecule has 1 aromatic rings. The molecule has 20 heavy (non-hydrogen) atoms. The molecule has 1 fully saturated rings. The molecule has 0 saturated carbocycles. The van der Waals surface area contributed by atoms with Gasteiger partial charge in [0.05, 0.1) is 20.3 Å². The van der Waals surface area contributed by atoms with Gasteiger partial charge in [-0.3, -0.25) is 0 Å². The Morgan fingerprint density at radius 1 is 1.30 bits per heavy atom. The van der Waals surface area contributed by atoms with Gasteiger partial charge in [0.15, 0.2) is 17.6 Å². The van der Waals surface area contributed by atoms with Crippen LogP contribution in [-0.2, 0) is 9.53 Å². The third-order valence-electron chi connectivity index (χ3n) is 3.18. The van der Waals surface area contributed by atoms with Gasteiger partial charge in [0.2, 0.25) is 5.75 Å². The topological polar surface area (TPSA) is 74.2 Å². The lowest BCUT2D eigenvalue weighted by Crippen LogP contribution is -2.23. The van der Waals surface area contributed by atoms with Gasteiger partial charge in [0.25, 0.3) is 0 Å². The normalized spacial score (nSPS) is 21.5. The maximum Gasteiger partial charge on any atom is 0.332 e. The first-order valence-electron chi connectivity index (χ1n) is 6.37. The van der Waals surface area contributed by atoms with Crippen LogP contribution in [0.25, 0.3) is 0 Å². The average molecular weight is 282 g/mol. The predicted octanol–water partition coefficient (Wildman–Crippen LogP) is 1.71. The Morgan fingerprint density at radius 2 is 1.95 bits per heavy atom. The number of benzene rings is 1. The Hall–Kier alpha value is -1.95. The van der Waals surface area contributed by atoms with Crippen LogP contribution in [0.15, 0.2) is 18.2 Å². The Kier molecular flexibility index (Phi) is 4.68. The second-order valence-electron chi connectivity index (χ2n) is 4.46. The van der Waals surface area contributed by atoms with E-state index in [1.807, 2.05) is 0 Å². The summed E-state index contributed by atoms with van der Waals surface area (Å²) in [6.07, 6.45) is 0.204. The highest BCUT2D eigenvalue weighted by Gasteiger charge is 2.31. The SMILES string of the molecule is COc1cccc(OC)c1OCC1CCC(C(=O)O)O1. The molecule has 1 saturated heterocycles. The molecule has 2 rings (SSSR count). The summed E-state index contributed by atoms with van der Waals surface area (Å²) in [5, 5.41) is 8.87. The smallest absolute Gasteiger partial charge is 0.332 e. The van der Waals surface area contributed by atoms with Crippen molar-refractivity contribution >= 4 is 5.97 Å². The molecule has 0 spiro atoms. The minimum atomic E-state index is -0.928. The first-order valence-corrected chi connectivity index (χ1v) is 6.37. The van der Waals surface area contributed by atoms with E-state index >= 15 is 0 Å². The average Bonchev–Trinajstić information content (AvgIpc) is 2.93. The summed E-state index contributed by atoms with van der Waals surface area (Å²) in [7, 11) is 3.10. The molecular weight excluding hydrogens is 264 g/mol. The van der Waals surface area contributed by atoms with Gasteiger partial charge < -0.3 is 24.1 Å². The van der Waals surface area contributed by atoms with Gasteiger partial charge >= 0.3 is 5.97 Å². The van der Waals surface area contributed by atoms with Crippen molar-refractivity contribution in [2.75, 3.05) is 20.8 Å². The summed E-state index contributed by atoms with van der Waals surface area (Å²) in [4.78, 5) is 10.8. The molecule has 0 aliphatic carbocycles.